The molecule has 1 aliphatic carbocycles. The van der Waals surface area contributed by atoms with E-state index >= 15 is 0 Å². The molecule has 0 bridgehead atoms. The van der Waals surface area contributed by atoms with Crippen LogP contribution in [0.5, 0.6) is 5.75 Å². The van der Waals surface area contributed by atoms with Crippen molar-refractivity contribution in [3.63, 3.8) is 0 Å². The molecule has 27 heavy (non-hydrogen) atoms. The number of unbranched alkanes of at least 4 members (excludes halogenated alkanes) is 2. The fourth-order valence-electron chi connectivity index (χ4n) is 4.45. The number of hydrogen-bond acceptors (Lipinski definition) is 3. The van der Waals surface area contributed by atoms with Crippen molar-refractivity contribution in [3.05, 3.63) is 59.4 Å². The highest BCUT2D eigenvalue weighted by Crippen LogP contribution is 2.46. The summed E-state index contributed by atoms with van der Waals surface area (Å²) in [5, 5.41) is 0. The molecule has 0 spiro atoms. The van der Waals surface area contributed by atoms with Crippen LogP contribution in [0, 0.1) is 5.92 Å². The lowest BCUT2D eigenvalue weighted by Crippen LogP contribution is -2.39. The van der Waals surface area contributed by atoms with Crippen LogP contribution in [0.4, 0.5) is 0 Å². The van der Waals surface area contributed by atoms with Gasteiger partial charge in [-0.3, -0.25) is 4.98 Å². The standard InChI is InChI=1S/C24H33NO2/c1-4-5-7-14-24(2)20(17-26-3)12-10-19-11-13-22(16-23(19)24)27-18-21-9-6-8-15-25-21/h6,8-9,11,13,15-16,20H,4-5,7,10,12,14,17-18H2,1-3H3. The van der Waals surface area contributed by atoms with Crippen LogP contribution >= 0.6 is 0 Å². The molecule has 2 unspecified atom stereocenters. The molecule has 0 saturated carbocycles. The van der Waals surface area contributed by atoms with Gasteiger partial charge in [0, 0.05) is 19.9 Å². The topological polar surface area (TPSA) is 31.4 Å². The van der Waals surface area contributed by atoms with E-state index in [0.717, 1.165) is 24.5 Å². The van der Waals surface area contributed by atoms with Gasteiger partial charge in [0.2, 0.25) is 0 Å². The maximum absolute atomic E-state index is 6.08. The third-order valence-corrected chi connectivity index (χ3v) is 6.14. The first-order valence-corrected chi connectivity index (χ1v) is 10.3. The Morgan fingerprint density at radius 2 is 2.07 bits per heavy atom. The summed E-state index contributed by atoms with van der Waals surface area (Å²) < 4.78 is 11.7. The lowest BCUT2D eigenvalue weighted by Gasteiger charge is -2.43. The Labute approximate surface area is 164 Å². The summed E-state index contributed by atoms with van der Waals surface area (Å²) >= 11 is 0. The van der Waals surface area contributed by atoms with Crippen molar-refractivity contribution < 1.29 is 9.47 Å². The summed E-state index contributed by atoms with van der Waals surface area (Å²) in [5.74, 6) is 1.51. The van der Waals surface area contributed by atoms with E-state index in [0.29, 0.717) is 12.5 Å². The highest BCUT2D eigenvalue weighted by atomic mass is 16.5. The molecule has 0 aliphatic heterocycles. The molecule has 1 aromatic carbocycles. The number of nitrogens with zero attached hydrogens (tertiary/aromatic N) is 1. The van der Waals surface area contributed by atoms with E-state index in [1.807, 2.05) is 31.5 Å². The molecule has 0 saturated heterocycles. The lowest BCUT2D eigenvalue weighted by atomic mass is 9.62. The minimum Gasteiger partial charge on any atom is -0.487 e. The van der Waals surface area contributed by atoms with Gasteiger partial charge in [-0.15, -0.1) is 0 Å². The zero-order chi connectivity index (χ0) is 19.1. The molecular weight excluding hydrogens is 334 g/mol. The largest absolute Gasteiger partial charge is 0.487 e. The normalized spacial score (nSPS) is 21.7. The Bertz CT molecular complexity index is 716. The highest BCUT2D eigenvalue weighted by Gasteiger charge is 2.40. The molecule has 0 amide bonds. The minimum absolute atomic E-state index is 0.156. The van der Waals surface area contributed by atoms with Crippen LogP contribution in [-0.4, -0.2) is 18.7 Å². The molecule has 1 aromatic heterocycles. The Morgan fingerprint density at radius 3 is 2.81 bits per heavy atom. The number of hydrogen-bond donors (Lipinski definition) is 0. The van der Waals surface area contributed by atoms with E-state index in [4.69, 9.17) is 9.47 Å². The number of fused-ring (bicyclic) bond motifs is 1. The number of ether oxygens (including phenoxy) is 2. The summed E-state index contributed by atoms with van der Waals surface area (Å²) in [6.07, 6.45) is 9.18. The number of aryl methyl sites for hydroxylation is 1. The van der Waals surface area contributed by atoms with E-state index in [1.54, 1.807) is 0 Å². The van der Waals surface area contributed by atoms with Crippen LogP contribution in [-0.2, 0) is 23.2 Å². The van der Waals surface area contributed by atoms with E-state index in [2.05, 4.69) is 37.0 Å². The second-order valence-electron chi connectivity index (χ2n) is 7.99. The molecule has 0 fully saturated rings. The molecule has 146 valence electrons. The van der Waals surface area contributed by atoms with Crippen molar-refractivity contribution in [2.45, 2.75) is 64.4 Å². The van der Waals surface area contributed by atoms with Gasteiger partial charge in [0.15, 0.2) is 0 Å². The van der Waals surface area contributed by atoms with Crippen LogP contribution < -0.4 is 4.74 Å². The van der Waals surface area contributed by atoms with Crippen molar-refractivity contribution in [2.75, 3.05) is 13.7 Å². The van der Waals surface area contributed by atoms with E-state index in [-0.39, 0.29) is 5.41 Å². The van der Waals surface area contributed by atoms with Gasteiger partial charge in [-0.1, -0.05) is 45.2 Å². The second-order valence-corrected chi connectivity index (χ2v) is 7.99. The SMILES string of the molecule is CCCCCC1(C)c2cc(OCc3ccccn3)ccc2CCC1COC. The maximum Gasteiger partial charge on any atom is 0.130 e. The summed E-state index contributed by atoms with van der Waals surface area (Å²) in [6, 6.07) is 12.6. The zero-order valence-corrected chi connectivity index (χ0v) is 17.0. The first-order valence-electron chi connectivity index (χ1n) is 10.3. The quantitative estimate of drug-likeness (QED) is 0.532. The molecular formula is C24H33NO2. The first kappa shape index (κ1) is 19.9. The third kappa shape index (κ3) is 4.70. The van der Waals surface area contributed by atoms with Crippen molar-refractivity contribution in [2.24, 2.45) is 5.92 Å². The molecule has 2 atom stereocenters. The molecule has 3 nitrogen and oxygen atoms in total. The molecule has 3 heteroatoms. The molecule has 3 rings (SSSR count). The smallest absolute Gasteiger partial charge is 0.130 e. The number of rotatable bonds is 9. The average Bonchev–Trinajstić information content (AvgIpc) is 2.70. The Balaban J connectivity index is 1.83. The van der Waals surface area contributed by atoms with Crippen LogP contribution in [0.15, 0.2) is 42.6 Å². The van der Waals surface area contributed by atoms with Gasteiger partial charge in [0.1, 0.15) is 12.4 Å². The van der Waals surface area contributed by atoms with Gasteiger partial charge in [0.05, 0.1) is 5.69 Å². The molecule has 0 N–H and O–H groups in total. The fraction of sp³-hybridized carbons (Fsp3) is 0.542. The van der Waals surface area contributed by atoms with Crippen molar-refractivity contribution in [1.29, 1.82) is 0 Å². The molecule has 0 radical (unpaired) electrons. The van der Waals surface area contributed by atoms with Gasteiger partial charge in [-0.25, -0.2) is 0 Å². The Kier molecular flexibility index (Phi) is 6.89. The maximum atomic E-state index is 6.08. The van der Waals surface area contributed by atoms with Gasteiger partial charge < -0.3 is 9.47 Å². The average molecular weight is 368 g/mol. The predicted molar refractivity (Wildman–Crippen MR) is 110 cm³/mol. The van der Waals surface area contributed by atoms with Crippen molar-refractivity contribution in [3.8, 4) is 5.75 Å². The number of aromatic nitrogens is 1. The lowest BCUT2D eigenvalue weighted by molar-refractivity contribution is 0.0912. The number of methoxy groups -OCH3 is 1. The third-order valence-electron chi connectivity index (χ3n) is 6.14. The van der Waals surface area contributed by atoms with E-state index in [1.165, 1.54) is 43.2 Å². The Hall–Kier alpha value is -1.87. The Morgan fingerprint density at radius 1 is 1.19 bits per heavy atom. The first-order chi connectivity index (χ1) is 13.2. The second kappa shape index (κ2) is 9.36. The zero-order valence-electron chi connectivity index (χ0n) is 17.0. The molecule has 1 heterocycles. The van der Waals surface area contributed by atoms with Crippen LogP contribution in [0.2, 0.25) is 0 Å². The number of pyridine rings is 1. The summed E-state index contributed by atoms with van der Waals surface area (Å²) in [7, 11) is 1.83. The van der Waals surface area contributed by atoms with Crippen molar-refractivity contribution in [1.82, 2.24) is 4.98 Å². The highest BCUT2D eigenvalue weighted by molar-refractivity contribution is 5.43. The van der Waals surface area contributed by atoms with Gasteiger partial charge in [-0.05, 0) is 66.0 Å². The summed E-state index contributed by atoms with van der Waals surface area (Å²) in [6.45, 7) is 6.05. The van der Waals surface area contributed by atoms with Crippen LogP contribution in [0.25, 0.3) is 0 Å². The minimum atomic E-state index is 0.156. The number of benzene rings is 1. The van der Waals surface area contributed by atoms with Gasteiger partial charge >= 0.3 is 0 Å². The van der Waals surface area contributed by atoms with Crippen LogP contribution in [0.3, 0.4) is 0 Å². The predicted octanol–water partition coefficient (Wildman–Crippen LogP) is 5.71. The van der Waals surface area contributed by atoms with Crippen LogP contribution in [0.1, 0.15) is 62.8 Å². The summed E-state index contributed by atoms with van der Waals surface area (Å²) in [5.41, 5.74) is 4.05. The summed E-state index contributed by atoms with van der Waals surface area (Å²) in [4.78, 5) is 4.35. The van der Waals surface area contributed by atoms with Gasteiger partial charge in [-0.2, -0.15) is 0 Å². The van der Waals surface area contributed by atoms with Crippen molar-refractivity contribution >= 4 is 0 Å². The van der Waals surface area contributed by atoms with Gasteiger partial charge in [0.25, 0.3) is 0 Å². The monoisotopic (exact) mass is 367 g/mol. The fourth-order valence-corrected chi connectivity index (χ4v) is 4.45. The van der Waals surface area contributed by atoms with E-state index in [9.17, 15) is 0 Å². The molecule has 2 aromatic rings. The van der Waals surface area contributed by atoms with E-state index < -0.39 is 0 Å². The molecule has 1 aliphatic rings.